The van der Waals surface area contributed by atoms with E-state index in [0.29, 0.717) is 12.4 Å². The van der Waals surface area contributed by atoms with Gasteiger partial charge in [-0.3, -0.25) is 4.98 Å². The van der Waals surface area contributed by atoms with E-state index in [1.165, 1.54) is 9.71 Å². The Labute approximate surface area is 190 Å². The molecule has 0 fully saturated rings. The fourth-order valence-corrected chi connectivity index (χ4v) is 4.32. The van der Waals surface area contributed by atoms with E-state index in [1.54, 1.807) is 25.6 Å². The van der Waals surface area contributed by atoms with E-state index in [4.69, 9.17) is 9.47 Å². The van der Waals surface area contributed by atoms with E-state index in [1.807, 2.05) is 73.7 Å². The highest BCUT2D eigenvalue weighted by Crippen LogP contribution is 2.20. The molecule has 168 valence electrons. The third-order valence-electron chi connectivity index (χ3n) is 4.70. The second-order valence-electron chi connectivity index (χ2n) is 7.41. The van der Waals surface area contributed by atoms with Gasteiger partial charge in [0.2, 0.25) is 10.0 Å². The van der Waals surface area contributed by atoms with E-state index in [-0.39, 0.29) is 19.2 Å². The molecule has 0 bridgehead atoms. The summed E-state index contributed by atoms with van der Waals surface area (Å²) >= 11 is 0. The predicted molar refractivity (Wildman–Crippen MR) is 126 cm³/mol. The standard InChI is InChI=1S/C25H28N2O4S/c1-21(20-30-2)31-25-10-6-9-24(17-25)19-27(18-23-11-14-26-15-12-23)32(28,29)16-13-22-7-4-3-5-8-22/h3-17,21H,18-20H2,1-2H3/b16-13+/t21-/m0/s1. The van der Waals surface area contributed by atoms with Gasteiger partial charge in [0.15, 0.2) is 0 Å². The van der Waals surface area contributed by atoms with Gasteiger partial charge in [-0.1, -0.05) is 42.5 Å². The molecular formula is C25H28N2O4S. The molecule has 0 aliphatic heterocycles. The number of pyridine rings is 1. The van der Waals surface area contributed by atoms with Crippen molar-refractivity contribution < 1.29 is 17.9 Å². The van der Waals surface area contributed by atoms with Gasteiger partial charge in [-0.2, -0.15) is 4.31 Å². The monoisotopic (exact) mass is 452 g/mol. The predicted octanol–water partition coefficient (Wildman–Crippen LogP) is 4.50. The summed E-state index contributed by atoms with van der Waals surface area (Å²) in [6.07, 6.45) is 4.82. The number of hydrogen-bond donors (Lipinski definition) is 0. The average Bonchev–Trinajstić information content (AvgIpc) is 2.79. The summed E-state index contributed by atoms with van der Waals surface area (Å²) in [5.41, 5.74) is 2.51. The molecule has 0 saturated carbocycles. The number of methoxy groups -OCH3 is 1. The van der Waals surface area contributed by atoms with Crippen LogP contribution in [0.15, 0.2) is 84.5 Å². The molecule has 0 spiro atoms. The number of ether oxygens (including phenoxy) is 2. The molecule has 0 radical (unpaired) electrons. The average molecular weight is 453 g/mol. The molecule has 0 saturated heterocycles. The second-order valence-corrected chi connectivity index (χ2v) is 9.23. The molecule has 3 aromatic rings. The van der Waals surface area contributed by atoms with Crippen molar-refractivity contribution in [2.75, 3.05) is 13.7 Å². The number of rotatable bonds is 11. The topological polar surface area (TPSA) is 68.7 Å². The van der Waals surface area contributed by atoms with E-state index in [9.17, 15) is 8.42 Å². The van der Waals surface area contributed by atoms with Gasteiger partial charge in [-0.15, -0.1) is 0 Å². The highest BCUT2D eigenvalue weighted by atomic mass is 32.2. The molecule has 0 N–H and O–H groups in total. The van der Waals surface area contributed by atoms with Crippen LogP contribution in [-0.4, -0.2) is 37.5 Å². The van der Waals surface area contributed by atoms with Crippen LogP contribution in [0.3, 0.4) is 0 Å². The van der Waals surface area contributed by atoms with Crippen LogP contribution >= 0.6 is 0 Å². The first-order chi connectivity index (χ1) is 15.5. The van der Waals surface area contributed by atoms with Gasteiger partial charge in [-0.25, -0.2) is 8.42 Å². The van der Waals surface area contributed by atoms with Crippen molar-refractivity contribution >= 4 is 16.1 Å². The SMILES string of the molecule is COC[C@H](C)Oc1cccc(CN(Cc2ccncc2)S(=O)(=O)/C=C/c2ccccc2)c1. The van der Waals surface area contributed by atoms with Crippen molar-refractivity contribution in [2.24, 2.45) is 0 Å². The fourth-order valence-electron chi connectivity index (χ4n) is 3.16. The lowest BCUT2D eigenvalue weighted by atomic mass is 10.2. The maximum absolute atomic E-state index is 13.2. The molecule has 6 nitrogen and oxygen atoms in total. The van der Waals surface area contributed by atoms with Crippen LogP contribution in [-0.2, 0) is 27.8 Å². The molecule has 7 heteroatoms. The molecule has 1 aromatic heterocycles. The minimum absolute atomic E-state index is 0.110. The Kier molecular flexibility index (Phi) is 8.56. The number of hydrogen-bond acceptors (Lipinski definition) is 5. The molecule has 3 rings (SSSR count). The lowest BCUT2D eigenvalue weighted by Crippen LogP contribution is -2.28. The molecule has 2 aromatic carbocycles. The highest BCUT2D eigenvalue weighted by Gasteiger charge is 2.20. The van der Waals surface area contributed by atoms with Gasteiger partial charge in [0.05, 0.1) is 6.61 Å². The zero-order valence-corrected chi connectivity index (χ0v) is 19.1. The first-order valence-electron chi connectivity index (χ1n) is 10.3. The van der Waals surface area contributed by atoms with E-state index in [0.717, 1.165) is 16.7 Å². The Morgan fingerprint density at radius 1 is 0.969 bits per heavy atom. The van der Waals surface area contributed by atoms with Crippen LogP contribution in [0.2, 0.25) is 0 Å². The van der Waals surface area contributed by atoms with Gasteiger partial charge in [0, 0.05) is 38.0 Å². The minimum Gasteiger partial charge on any atom is -0.488 e. The van der Waals surface area contributed by atoms with Crippen LogP contribution < -0.4 is 4.74 Å². The molecule has 0 unspecified atom stereocenters. The third kappa shape index (κ3) is 7.30. The van der Waals surface area contributed by atoms with E-state index < -0.39 is 10.0 Å². The lowest BCUT2D eigenvalue weighted by molar-refractivity contribution is 0.0920. The molecule has 0 amide bonds. The minimum atomic E-state index is -3.69. The third-order valence-corrected chi connectivity index (χ3v) is 6.15. The smallest absolute Gasteiger partial charge is 0.236 e. The van der Waals surface area contributed by atoms with Gasteiger partial charge in [0.25, 0.3) is 0 Å². The van der Waals surface area contributed by atoms with Crippen molar-refractivity contribution in [3.63, 3.8) is 0 Å². The summed E-state index contributed by atoms with van der Waals surface area (Å²) in [5, 5.41) is 1.25. The number of aromatic nitrogens is 1. The Balaban J connectivity index is 1.84. The van der Waals surface area contributed by atoms with Crippen LogP contribution in [0.4, 0.5) is 0 Å². The molecule has 32 heavy (non-hydrogen) atoms. The zero-order chi connectivity index (χ0) is 22.8. The van der Waals surface area contributed by atoms with Crippen LogP contribution in [0.1, 0.15) is 23.6 Å². The van der Waals surface area contributed by atoms with Gasteiger partial charge < -0.3 is 9.47 Å². The van der Waals surface area contributed by atoms with Crippen molar-refractivity contribution in [3.8, 4) is 5.75 Å². The maximum atomic E-state index is 13.2. The zero-order valence-electron chi connectivity index (χ0n) is 18.3. The Morgan fingerprint density at radius 2 is 1.69 bits per heavy atom. The summed E-state index contributed by atoms with van der Waals surface area (Å²) in [4.78, 5) is 4.02. The number of nitrogens with zero attached hydrogens (tertiary/aromatic N) is 2. The maximum Gasteiger partial charge on any atom is 0.236 e. The highest BCUT2D eigenvalue weighted by molar-refractivity contribution is 7.92. The quantitative estimate of drug-likeness (QED) is 0.429. The second kappa shape index (κ2) is 11.6. The fraction of sp³-hybridized carbons (Fsp3) is 0.240. The van der Waals surface area contributed by atoms with Gasteiger partial charge in [-0.05, 0) is 54.0 Å². The molecular weight excluding hydrogens is 424 g/mol. The number of benzene rings is 2. The number of sulfonamides is 1. The van der Waals surface area contributed by atoms with Crippen LogP contribution in [0.25, 0.3) is 6.08 Å². The summed E-state index contributed by atoms with van der Waals surface area (Å²) < 4.78 is 38.9. The Hall–Kier alpha value is -3.00. The molecule has 0 aliphatic carbocycles. The summed E-state index contributed by atoms with van der Waals surface area (Å²) in [7, 11) is -2.06. The van der Waals surface area contributed by atoms with Gasteiger partial charge >= 0.3 is 0 Å². The Morgan fingerprint density at radius 3 is 2.41 bits per heavy atom. The van der Waals surface area contributed by atoms with Crippen molar-refractivity contribution in [1.29, 1.82) is 0 Å². The van der Waals surface area contributed by atoms with Gasteiger partial charge in [0.1, 0.15) is 11.9 Å². The lowest BCUT2D eigenvalue weighted by Gasteiger charge is -2.21. The van der Waals surface area contributed by atoms with E-state index >= 15 is 0 Å². The normalized spacial score (nSPS) is 12.8. The Bertz CT molecular complexity index is 1100. The first kappa shape index (κ1) is 23.7. The summed E-state index contributed by atoms with van der Waals surface area (Å²) in [5.74, 6) is 0.674. The first-order valence-corrected chi connectivity index (χ1v) is 11.8. The molecule has 0 aliphatic rings. The van der Waals surface area contributed by atoms with Crippen molar-refractivity contribution in [1.82, 2.24) is 9.29 Å². The van der Waals surface area contributed by atoms with Crippen LogP contribution in [0, 0.1) is 0 Å². The van der Waals surface area contributed by atoms with Crippen molar-refractivity contribution in [3.05, 3.63) is 101 Å². The van der Waals surface area contributed by atoms with Crippen molar-refractivity contribution in [2.45, 2.75) is 26.1 Å². The summed E-state index contributed by atoms with van der Waals surface area (Å²) in [6, 6.07) is 20.5. The largest absolute Gasteiger partial charge is 0.488 e. The van der Waals surface area contributed by atoms with E-state index in [2.05, 4.69) is 4.98 Å². The van der Waals surface area contributed by atoms with Crippen LogP contribution in [0.5, 0.6) is 5.75 Å². The molecule has 1 heterocycles. The molecule has 1 atom stereocenters. The summed E-state index contributed by atoms with van der Waals surface area (Å²) in [6.45, 7) is 2.83.